The third-order valence-corrected chi connectivity index (χ3v) is 7.12. The number of ether oxygens (including phenoxy) is 1. The van der Waals surface area contributed by atoms with Crippen molar-refractivity contribution in [1.82, 2.24) is 14.1 Å². The summed E-state index contributed by atoms with van der Waals surface area (Å²) in [4.78, 5) is 15.5. The first-order valence-corrected chi connectivity index (χ1v) is 12.2. The SMILES string of the molecule is CC(C)[SH+]N1CCN(c2cnn(-c3cc(F)cc(F)c3)c(=O)c2OCC2CCCC2)CC1. The molecule has 0 radical (unpaired) electrons. The molecule has 1 aromatic carbocycles. The summed E-state index contributed by atoms with van der Waals surface area (Å²) in [7, 11) is 0. The minimum absolute atomic E-state index is 0.0466. The summed E-state index contributed by atoms with van der Waals surface area (Å²) in [6, 6.07) is 2.97. The van der Waals surface area contributed by atoms with Gasteiger partial charge in [0.25, 0.3) is 0 Å². The maximum atomic E-state index is 13.8. The van der Waals surface area contributed by atoms with Crippen LogP contribution in [-0.2, 0) is 11.9 Å². The maximum Gasteiger partial charge on any atom is 0.316 e. The number of anilines is 1. The van der Waals surface area contributed by atoms with Crippen LogP contribution in [0.4, 0.5) is 14.5 Å². The molecule has 174 valence electrons. The molecule has 32 heavy (non-hydrogen) atoms. The van der Waals surface area contributed by atoms with E-state index >= 15 is 0 Å². The molecule has 0 amide bonds. The van der Waals surface area contributed by atoms with Crippen LogP contribution in [0.2, 0.25) is 0 Å². The van der Waals surface area contributed by atoms with E-state index in [4.69, 9.17) is 4.74 Å². The van der Waals surface area contributed by atoms with Gasteiger partial charge in [-0.2, -0.15) is 9.78 Å². The lowest BCUT2D eigenvalue weighted by Crippen LogP contribution is -2.47. The molecule has 1 aliphatic carbocycles. The van der Waals surface area contributed by atoms with Gasteiger partial charge >= 0.3 is 5.56 Å². The number of hydrogen-bond donors (Lipinski definition) is 0. The van der Waals surface area contributed by atoms with Crippen LogP contribution in [0, 0.1) is 17.6 Å². The molecule has 9 heteroatoms. The fourth-order valence-corrected chi connectivity index (χ4v) is 5.46. The number of rotatable bonds is 7. The molecule has 0 spiro atoms. The Bertz CT molecular complexity index is 966. The second-order valence-corrected chi connectivity index (χ2v) is 10.6. The first-order chi connectivity index (χ1) is 15.4. The van der Waals surface area contributed by atoms with Gasteiger partial charge in [0.2, 0.25) is 5.75 Å². The third-order valence-electron chi connectivity index (χ3n) is 5.94. The molecule has 0 unspecified atom stereocenters. The quantitative estimate of drug-likeness (QED) is 0.464. The number of benzene rings is 1. The van der Waals surface area contributed by atoms with Gasteiger partial charge < -0.3 is 9.64 Å². The van der Waals surface area contributed by atoms with Crippen molar-refractivity contribution in [2.75, 3.05) is 37.7 Å². The monoisotopic (exact) mass is 465 g/mol. The lowest BCUT2D eigenvalue weighted by Gasteiger charge is -2.33. The highest BCUT2D eigenvalue weighted by Crippen LogP contribution is 2.29. The zero-order valence-electron chi connectivity index (χ0n) is 18.6. The average molecular weight is 466 g/mol. The van der Waals surface area contributed by atoms with Crippen molar-refractivity contribution in [2.45, 2.75) is 44.8 Å². The number of piperazine rings is 1. The Morgan fingerprint density at radius 2 is 1.75 bits per heavy atom. The van der Waals surface area contributed by atoms with Crippen LogP contribution in [0.3, 0.4) is 0 Å². The van der Waals surface area contributed by atoms with Crippen LogP contribution in [-0.4, -0.2) is 52.1 Å². The molecule has 2 fully saturated rings. The second-order valence-electron chi connectivity index (χ2n) is 8.81. The Kier molecular flexibility index (Phi) is 7.35. The van der Waals surface area contributed by atoms with Gasteiger partial charge in [0.1, 0.15) is 22.6 Å². The minimum atomic E-state index is -0.758. The fourth-order valence-electron chi connectivity index (χ4n) is 4.39. The Morgan fingerprint density at radius 3 is 2.38 bits per heavy atom. The van der Waals surface area contributed by atoms with Gasteiger partial charge in [0.15, 0.2) is 0 Å². The smallest absolute Gasteiger partial charge is 0.316 e. The van der Waals surface area contributed by atoms with E-state index in [1.54, 1.807) is 6.20 Å². The highest BCUT2D eigenvalue weighted by Gasteiger charge is 2.28. The predicted octanol–water partition coefficient (Wildman–Crippen LogP) is 3.34. The zero-order valence-corrected chi connectivity index (χ0v) is 19.5. The number of halogens is 2. The predicted molar refractivity (Wildman–Crippen MR) is 125 cm³/mol. The lowest BCUT2D eigenvalue weighted by atomic mass is 10.1. The van der Waals surface area contributed by atoms with Crippen molar-refractivity contribution < 1.29 is 13.5 Å². The summed E-state index contributed by atoms with van der Waals surface area (Å²) in [6.45, 7) is 8.16. The molecule has 2 aliphatic rings. The van der Waals surface area contributed by atoms with Crippen molar-refractivity contribution in [3.8, 4) is 11.4 Å². The highest BCUT2D eigenvalue weighted by molar-refractivity contribution is 7.76. The molecule has 0 atom stereocenters. The maximum absolute atomic E-state index is 13.8. The van der Waals surface area contributed by atoms with Crippen molar-refractivity contribution in [1.29, 1.82) is 0 Å². The van der Waals surface area contributed by atoms with Crippen LogP contribution >= 0.6 is 0 Å². The molecule has 2 aromatic rings. The Labute approximate surface area is 191 Å². The Hall–Kier alpha value is -2.13. The first kappa shape index (κ1) is 23.0. The lowest BCUT2D eigenvalue weighted by molar-refractivity contribution is 0.247. The van der Waals surface area contributed by atoms with E-state index in [0.717, 1.165) is 61.9 Å². The van der Waals surface area contributed by atoms with Crippen molar-refractivity contribution in [2.24, 2.45) is 5.92 Å². The molecule has 1 saturated carbocycles. The van der Waals surface area contributed by atoms with Crippen LogP contribution in [0.15, 0.2) is 29.2 Å². The van der Waals surface area contributed by atoms with E-state index in [1.165, 1.54) is 24.8 Å². The summed E-state index contributed by atoms with van der Waals surface area (Å²) in [5.41, 5.74) is 0.209. The molecule has 1 aromatic heterocycles. The molecule has 0 bridgehead atoms. The first-order valence-electron chi connectivity index (χ1n) is 11.3. The average Bonchev–Trinajstić information content (AvgIpc) is 3.26. The molecule has 4 rings (SSSR count). The molecule has 1 aliphatic heterocycles. The highest BCUT2D eigenvalue weighted by atomic mass is 32.2. The second kappa shape index (κ2) is 10.2. The van der Waals surface area contributed by atoms with E-state index in [2.05, 4.69) is 28.2 Å². The van der Waals surface area contributed by atoms with E-state index in [0.29, 0.717) is 23.5 Å². The van der Waals surface area contributed by atoms with Crippen LogP contribution in [0.25, 0.3) is 5.69 Å². The van der Waals surface area contributed by atoms with Gasteiger partial charge in [-0.25, -0.2) is 8.78 Å². The Morgan fingerprint density at radius 1 is 1.09 bits per heavy atom. The van der Waals surface area contributed by atoms with Gasteiger partial charge in [-0.3, -0.25) is 4.79 Å². The van der Waals surface area contributed by atoms with Crippen LogP contribution < -0.4 is 15.2 Å². The summed E-state index contributed by atoms with van der Waals surface area (Å²) < 4.78 is 37.1. The van der Waals surface area contributed by atoms with E-state index in [1.807, 2.05) is 0 Å². The Balaban J connectivity index is 1.63. The van der Waals surface area contributed by atoms with Gasteiger partial charge in [0.05, 0.1) is 43.5 Å². The van der Waals surface area contributed by atoms with Gasteiger partial charge in [-0.05, 0) is 44.7 Å². The molecule has 1 saturated heterocycles. The van der Waals surface area contributed by atoms with Crippen molar-refractivity contribution in [3.05, 3.63) is 46.4 Å². The largest absolute Gasteiger partial charge is 0.486 e. The van der Waals surface area contributed by atoms with Gasteiger partial charge in [-0.15, -0.1) is 4.31 Å². The summed E-state index contributed by atoms with van der Waals surface area (Å²) in [5.74, 6) is -0.873. The topological polar surface area (TPSA) is 50.6 Å². The summed E-state index contributed by atoms with van der Waals surface area (Å²) >= 11 is 1.31. The van der Waals surface area contributed by atoms with Crippen molar-refractivity contribution >= 4 is 17.6 Å². The summed E-state index contributed by atoms with van der Waals surface area (Å²) in [6.07, 6.45) is 6.14. The van der Waals surface area contributed by atoms with Crippen LogP contribution in [0.1, 0.15) is 39.5 Å². The summed E-state index contributed by atoms with van der Waals surface area (Å²) in [5, 5.41) is 4.82. The fraction of sp³-hybridized carbons (Fsp3) is 0.565. The molecule has 0 N–H and O–H groups in total. The molecular formula is C23H31F2N4O2S+. The standard InChI is InChI=1S/C23H30F2N4O2S/c1-16(2)32-28-9-7-27(8-10-28)21-14-26-29(20-12-18(24)11-19(25)13-20)23(30)22(21)31-15-17-5-3-4-6-17/h11-14,16-17H,3-10,15H2,1-2H3/p+1. The van der Waals surface area contributed by atoms with E-state index in [-0.39, 0.29) is 11.4 Å². The number of nitrogens with zero attached hydrogens (tertiary/aromatic N) is 4. The molecule has 2 heterocycles. The van der Waals surface area contributed by atoms with E-state index in [9.17, 15) is 13.6 Å². The number of hydrogen-bond acceptors (Lipinski definition) is 5. The van der Waals surface area contributed by atoms with E-state index < -0.39 is 17.2 Å². The van der Waals surface area contributed by atoms with Crippen LogP contribution in [0.5, 0.6) is 5.75 Å². The minimum Gasteiger partial charge on any atom is -0.486 e. The normalized spacial score (nSPS) is 18.0. The molecule has 6 nitrogen and oxygen atoms in total. The number of aromatic nitrogens is 2. The zero-order chi connectivity index (χ0) is 22.7. The van der Waals surface area contributed by atoms with Gasteiger partial charge in [0, 0.05) is 19.2 Å². The third kappa shape index (κ3) is 5.43. The number of thiol groups is 1. The van der Waals surface area contributed by atoms with Crippen molar-refractivity contribution in [3.63, 3.8) is 0 Å². The molecular weight excluding hydrogens is 434 g/mol. The van der Waals surface area contributed by atoms with Gasteiger partial charge in [-0.1, -0.05) is 12.8 Å².